The van der Waals surface area contributed by atoms with E-state index in [9.17, 15) is 4.79 Å². The molecule has 7 heteroatoms. The summed E-state index contributed by atoms with van der Waals surface area (Å²) in [7, 11) is 0. The fourth-order valence-corrected chi connectivity index (χ4v) is 2.96. The summed E-state index contributed by atoms with van der Waals surface area (Å²) in [5.41, 5.74) is 3.63. The quantitative estimate of drug-likeness (QED) is 0.476. The molecule has 28 heavy (non-hydrogen) atoms. The van der Waals surface area contributed by atoms with Gasteiger partial charge in [0.25, 0.3) is 5.91 Å². The molecular weight excluding hydrogens is 422 g/mol. The van der Waals surface area contributed by atoms with Gasteiger partial charge in [0.2, 0.25) is 5.89 Å². The van der Waals surface area contributed by atoms with Gasteiger partial charge in [-0.25, -0.2) is 4.98 Å². The van der Waals surface area contributed by atoms with Crippen LogP contribution in [0.5, 0.6) is 5.75 Å². The first-order valence-corrected chi connectivity index (χ1v) is 9.38. The number of benzene rings is 2. The summed E-state index contributed by atoms with van der Waals surface area (Å²) in [6.45, 7) is 1.84. The average molecular weight is 438 g/mol. The highest BCUT2D eigenvalue weighted by Crippen LogP contribution is 2.26. The van der Waals surface area contributed by atoms with Gasteiger partial charge in [0.15, 0.2) is 17.8 Å². The molecule has 2 aromatic carbocycles. The third-order valence-corrected chi connectivity index (χ3v) is 4.62. The lowest BCUT2D eigenvalue weighted by Gasteiger charge is -2.10. The SMILES string of the molecule is Cc1cc(-c2nc3ncccc3o2)ccc1NC(=O)COc1ccc(Br)cc1. The summed E-state index contributed by atoms with van der Waals surface area (Å²) < 4.78 is 12.2. The molecule has 0 bridgehead atoms. The number of aromatic nitrogens is 2. The number of hydrogen-bond acceptors (Lipinski definition) is 5. The second-order valence-corrected chi connectivity index (χ2v) is 7.08. The molecule has 4 rings (SSSR count). The third kappa shape index (κ3) is 4.04. The molecule has 0 aliphatic heterocycles. The van der Waals surface area contributed by atoms with Crippen molar-refractivity contribution in [3.05, 3.63) is 70.8 Å². The Morgan fingerprint density at radius 1 is 1.18 bits per heavy atom. The number of nitrogens with zero attached hydrogens (tertiary/aromatic N) is 2. The maximum atomic E-state index is 12.2. The molecule has 4 aromatic rings. The number of rotatable bonds is 5. The van der Waals surface area contributed by atoms with E-state index in [0.29, 0.717) is 28.6 Å². The van der Waals surface area contributed by atoms with Crippen molar-refractivity contribution in [3.63, 3.8) is 0 Å². The first kappa shape index (κ1) is 18.2. The van der Waals surface area contributed by atoms with Crippen molar-refractivity contribution >= 4 is 38.8 Å². The summed E-state index contributed by atoms with van der Waals surface area (Å²) in [6, 6.07) is 16.5. The second-order valence-electron chi connectivity index (χ2n) is 6.16. The van der Waals surface area contributed by atoms with Crippen LogP contribution in [-0.4, -0.2) is 22.5 Å². The maximum absolute atomic E-state index is 12.2. The number of oxazole rings is 1. The Balaban J connectivity index is 1.43. The molecule has 1 amide bonds. The highest BCUT2D eigenvalue weighted by molar-refractivity contribution is 9.10. The topological polar surface area (TPSA) is 77.3 Å². The van der Waals surface area contributed by atoms with E-state index in [0.717, 1.165) is 15.6 Å². The Hall–Kier alpha value is -3.19. The number of halogens is 1. The number of aryl methyl sites for hydroxylation is 1. The van der Waals surface area contributed by atoms with Gasteiger partial charge in [-0.1, -0.05) is 15.9 Å². The van der Waals surface area contributed by atoms with E-state index in [1.807, 2.05) is 43.3 Å². The van der Waals surface area contributed by atoms with Crippen molar-refractivity contribution in [2.24, 2.45) is 0 Å². The van der Waals surface area contributed by atoms with Crippen molar-refractivity contribution in [3.8, 4) is 17.2 Å². The first-order valence-electron chi connectivity index (χ1n) is 8.59. The minimum absolute atomic E-state index is 0.0698. The summed E-state index contributed by atoms with van der Waals surface area (Å²) in [4.78, 5) is 20.8. The van der Waals surface area contributed by atoms with Crippen molar-refractivity contribution < 1.29 is 13.9 Å². The fourth-order valence-electron chi connectivity index (χ4n) is 2.70. The lowest BCUT2D eigenvalue weighted by atomic mass is 10.1. The first-order chi connectivity index (χ1) is 13.6. The number of hydrogen-bond donors (Lipinski definition) is 1. The maximum Gasteiger partial charge on any atom is 0.262 e. The van der Waals surface area contributed by atoms with Gasteiger partial charge in [-0.05, 0) is 67.1 Å². The number of pyridine rings is 1. The fraction of sp³-hybridized carbons (Fsp3) is 0.0952. The molecule has 140 valence electrons. The minimum Gasteiger partial charge on any atom is -0.484 e. The van der Waals surface area contributed by atoms with Crippen molar-refractivity contribution in [1.82, 2.24) is 9.97 Å². The molecule has 0 atom stereocenters. The smallest absolute Gasteiger partial charge is 0.262 e. The standard InChI is InChI=1S/C21H16BrN3O3/c1-13-11-14(21-25-20-18(28-21)3-2-10-23-20)4-9-17(13)24-19(26)12-27-16-7-5-15(22)6-8-16/h2-11H,12H2,1H3,(H,24,26). The molecule has 0 radical (unpaired) electrons. The highest BCUT2D eigenvalue weighted by Gasteiger charge is 2.11. The third-order valence-electron chi connectivity index (χ3n) is 4.10. The van der Waals surface area contributed by atoms with Gasteiger partial charge < -0.3 is 14.5 Å². The van der Waals surface area contributed by atoms with Gasteiger partial charge in [-0.2, -0.15) is 4.98 Å². The Labute approximate surface area is 169 Å². The Kier molecular flexibility index (Phi) is 5.08. The van der Waals surface area contributed by atoms with Gasteiger partial charge in [0, 0.05) is 21.9 Å². The van der Waals surface area contributed by atoms with E-state index in [1.165, 1.54) is 0 Å². The van der Waals surface area contributed by atoms with Gasteiger partial charge in [0.1, 0.15) is 5.75 Å². The molecule has 0 aliphatic rings. The van der Waals surface area contributed by atoms with E-state index >= 15 is 0 Å². The van der Waals surface area contributed by atoms with E-state index in [1.54, 1.807) is 24.4 Å². The van der Waals surface area contributed by atoms with E-state index in [2.05, 4.69) is 31.2 Å². The number of anilines is 1. The normalized spacial score (nSPS) is 10.8. The molecule has 6 nitrogen and oxygen atoms in total. The monoisotopic (exact) mass is 437 g/mol. The average Bonchev–Trinajstić information content (AvgIpc) is 3.13. The predicted octanol–water partition coefficient (Wildman–Crippen LogP) is 4.98. The van der Waals surface area contributed by atoms with Crippen LogP contribution < -0.4 is 10.1 Å². The zero-order valence-electron chi connectivity index (χ0n) is 15.0. The predicted molar refractivity (Wildman–Crippen MR) is 110 cm³/mol. The molecule has 1 N–H and O–H groups in total. The van der Waals surface area contributed by atoms with Crippen LogP contribution in [0, 0.1) is 6.92 Å². The molecule has 0 unspecified atom stereocenters. The Morgan fingerprint density at radius 3 is 2.75 bits per heavy atom. The highest BCUT2D eigenvalue weighted by atomic mass is 79.9. The molecule has 0 saturated heterocycles. The van der Waals surface area contributed by atoms with Crippen LogP contribution in [-0.2, 0) is 4.79 Å². The van der Waals surface area contributed by atoms with Crippen LogP contribution >= 0.6 is 15.9 Å². The van der Waals surface area contributed by atoms with Crippen LogP contribution in [0.4, 0.5) is 5.69 Å². The Morgan fingerprint density at radius 2 is 2.00 bits per heavy atom. The molecule has 0 fully saturated rings. The second kappa shape index (κ2) is 7.82. The van der Waals surface area contributed by atoms with Crippen LogP contribution in [0.1, 0.15) is 5.56 Å². The van der Waals surface area contributed by atoms with E-state index in [-0.39, 0.29) is 12.5 Å². The summed E-state index contributed by atoms with van der Waals surface area (Å²) in [5.74, 6) is 0.896. The minimum atomic E-state index is -0.232. The van der Waals surface area contributed by atoms with Gasteiger partial charge in [0.05, 0.1) is 0 Å². The van der Waals surface area contributed by atoms with Crippen LogP contribution in [0.3, 0.4) is 0 Å². The molecule has 2 aromatic heterocycles. The molecular formula is C21H16BrN3O3. The van der Waals surface area contributed by atoms with Crippen molar-refractivity contribution in [2.75, 3.05) is 11.9 Å². The van der Waals surface area contributed by atoms with E-state index < -0.39 is 0 Å². The van der Waals surface area contributed by atoms with Crippen molar-refractivity contribution in [1.29, 1.82) is 0 Å². The van der Waals surface area contributed by atoms with E-state index in [4.69, 9.17) is 9.15 Å². The number of fused-ring (bicyclic) bond motifs is 1. The van der Waals surface area contributed by atoms with Crippen LogP contribution in [0.15, 0.2) is 69.7 Å². The molecule has 2 heterocycles. The van der Waals surface area contributed by atoms with Gasteiger partial charge in [-0.15, -0.1) is 0 Å². The number of carbonyl (C=O) groups excluding carboxylic acids is 1. The van der Waals surface area contributed by atoms with Crippen molar-refractivity contribution in [2.45, 2.75) is 6.92 Å². The summed E-state index contributed by atoms with van der Waals surface area (Å²) in [5, 5.41) is 2.86. The lowest BCUT2D eigenvalue weighted by Crippen LogP contribution is -2.20. The molecule has 0 aliphatic carbocycles. The van der Waals surface area contributed by atoms with Crippen LogP contribution in [0.2, 0.25) is 0 Å². The van der Waals surface area contributed by atoms with Gasteiger partial charge >= 0.3 is 0 Å². The Bertz CT molecular complexity index is 1110. The zero-order chi connectivity index (χ0) is 19.5. The summed E-state index contributed by atoms with van der Waals surface area (Å²) in [6.07, 6.45) is 1.68. The lowest BCUT2D eigenvalue weighted by molar-refractivity contribution is -0.118. The number of ether oxygens (including phenoxy) is 1. The van der Waals surface area contributed by atoms with Gasteiger partial charge in [-0.3, -0.25) is 4.79 Å². The number of amides is 1. The largest absolute Gasteiger partial charge is 0.484 e. The molecule has 0 spiro atoms. The number of nitrogens with one attached hydrogen (secondary N) is 1. The zero-order valence-corrected chi connectivity index (χ0v) is 16.6. The number of carbonyl (C=O) groups is 1. The molecule has 0 saturated carbocycles. The summed E-state index contributed by atoms with van der Waals surface area (Å²) >= 11 is 3.36. The van der Waals surface area contributed by atoms with Crippen LogP contribution in [0.25, 0.3) is 22.7 Å².